The van der Waals surface area contributed by atoms with Crippen LogP contribution in [0.1, 0.15) is 34.1 Å². The topological polar surface area (TPSA) is 81.5 Å². The molecule has 167 valence electrons. The second-order valence-corrected chi connectivity index (χ2v) is 8.51. The molecule has 1 aromatic carbocycles. The van der Waals surface area contributed by atoms with E-state index in [0.717, 1.165) is 53.5 Å². The summed E-state index contributed by atoms with van der Waals surface area (Å²) in [7, 11) is 0. The second kappa shape index (κ2) is 8.67. The minimum absolute atomic E-state index is 0.216. The smallest absolute Gasteiger partial charge is 0.281 e. The van der Waals surface area contributed by atoms with Gasteiger partial charge in [0.1, 0.15) is 5.82 Å². The van der Waals surface area contributed by atoms with Gasteiger partial charge in [-0.15, -0.1) is 0 Å². The molecule has 33 heavy (non-hydrogen) atoms. The molecular weight excluding hydrogens is 414 g/mol. The van der Waals surface area contributed by atoms with E-state index >= 15 is 0 Å². The molecule has 3 aromatic rings. The van der Waals surface area contributed by atoms with Gasteiger partial charge in [-0.3, -0.25) is 9.78 Å². The summed E-state index contributed by atoms with van der Waals surface area (Å²) < 4.78 is 5.68. The van der Waals surface area contributed by atoms with E-state index in [1.807, 2.05) is 37.3 Å². The molecule has 1 saturated heterocycles. The lowest BCUT2D eigenvalue weighted by Crippen LogP contribution is -2.41. The van der Waals surface area contributed by atoms with Crippen molar-refractivity contribution in [3.8, 4) is 11.3 Å². The number of morpholine rings is 1. The first-order valence-electron chi connectivity index (χ1n) is 11.1. The molecule has 7 heteroatoms. The Bertz CT molecular complexity index is 1240. The number of hydrogen-bond acceptors (Lipinski definition) is 6. The van der Waals surface area contributed by atoms with E-state index in [4.69, 9.17) is 9.72 Å². The first kappa shape index (κ1) is 21.2. The van der Waals surface area contributed by atoms with Gasteiger partial charge in [-0.1, -0.05) is 0 Å². The van der Waals surface area contributed by atoms with Crippen molar-refractivity contribution in [3.63, 3.8) is 0 Å². The maximum absolute atomic E-state index is 12.6. The van der Waals surface area contributed by atoms with Crippen LogP contribution in [0.3, 0.4) is 0 Å². The van der Waals surface area contributed by atoms with Gasteiger partial charge in [-0.25, -0.2) is 10.3 Å². The molecule has 4 heterocycles. The standard InChI is InChI=1S/C26H26N5O2/c1-16-12-21(6-7-23(16)31-10-11-33-18(3)15-31)29-25-24-19(8-9-27-26(24)32)13-22(30-25)20-5-4-17(2)28-14-20/h4-9,12-14,18H,10-11,15H2,1-3H3,(H,29,30)/t18-/m1/s1. The number of nitrogens with zero attached hydrogens (tertiary/aromatic N) is 4. The van der Waals surface area contributed by atoms with Crippen LogP contribution in [0, 0.1) is 13.8 Å². The zero-order chi connectivity index (χ0) is 22.9. The Hall–Kier alpha value is -3.71. The summed E-state index contributed by atoms with van der Waals surface area (Å²) in [6.07, 6.45) is 5.39. The maximum atomic E-state index is 12.6. The van der Waals surface area contributed by atoms with E-state index in [1.54, 1.807) is 6.20 Å². The van der Waals surface area contributed by atoms with Crippen LogP contribution in [0.4, 0.5) is 17.2 Å². The lowest BCUT2D eigenvalue weighted by Gasteiger charge is -2.34. The molecule has 0 spiro atoms. The highest BCUT2D eigenvalue weighted by Crippen LogP contribution is 2.32. The fourth-order valence-electron chi connectivity index (χ4n) is 4.29. The van der Waals surface area contributed by atoms with Crippen molar-refractivity contribution in [2.45, 2.75) is 26.9 Å². The molecule has 0 saturated carbocycles. The van der Waals surface area contributed by atoms with Gasteiger partial charge in [-0.05, 0) is 74.4 Å². The second-order valence-electron chi connectivity index (χ2n) is 8.51. The van der Waals surface area contributed by atoms with Crippen molar-refractivity contribution in [1.29, 1.82) is 0 Å². The number of amides is 1. The van der Waals surface area contributed by atoms with Crippen molar-refractivity contribution < 1.29 is 9.53 Å². The average molecular weight is 441 g/mol. The summed E-state index contributed by atoms with van der Waals surface area (Å²) in [5, 5.41) is 7.33. The number of hydrogen-bond donors (Lipinski definition) is 1. The van der Waals surface area contributed by atoms with Gasteiger partial charge in [0.15, 0.2) is 0 Å². The van der Waals surface area contributed by atoms with E-state index < -0.39 is 0 Å². The quantitative estimate of drug-likeness (QED) is 0.645. The summed E-state index contributed by atoms with van der Waals surface area (Å²) >= 11 is 0. The van der Waals surface area contributed by atoms with Gasteiger partial charge >= 0.3 is 0 Å². The maximum Gasteiger partial charge on any atom is 0.281 e. The van der Waals surface area contributed by atoms with E-state index in [2.05, 4.69) is 46.5 Å². The molecule has 1 atom stereocenters. The van der Waals surface area contributed by atoms with Crippen molar-refractivity contribution in [1.82, 2.24) is 15.3 Å². The third kappa shape index (κ3) is 4.32. The van der Waals surface area contributed by atoms with E-state index in [-0.39, 0.29) is 12.0 Å². The minimum Gasteiger partial charge on any atom is -0.375 e. The van der Waals surface area contributed by atoms with Crippen molar-refractivity contribution in [2.24, 2.45) is 0 Å². The Morgan fingerprint density at radius 2 is 2.03 bits per heavy atom. The lowest BCUT2D eigenvalue weighted by atomic mass is 10.0. The fourth-order valence-corrected chi connectivity index (χ4v) is 4.29. The number of ether oxygens (including phenoxy) is 1. The zero-order valence-electron chi connectivity index (χ0n) is 19.0. The summed E-state index contributed by atoms with van der Waals surface area (Å²) in [5.41, 5.74) is 7.06. The normalized spacial score (nSPS) is 17.5. The predicted octanol–water partition coefficient (Wildman–Crippen LogP) is 4.46. The van der Waals surface area contributed by atoms with Crippen molar-refractivity contribution in [3.05, 3.63) is 71.2 Å². The van der Waals surface area contributed by atoms with Crippen LogP contribution < -0.4 is 15.5 Å². The van der Waals surface area contributed by atoms with E-state index in [9.17, 15) is 4.79 Å². The monoisotopic (exact) mass is 440 g/mol. The molecule has 2 aromatic heterocycles. The molecule has 1 radical (unpaired) electrons. The molecule has 1 amide bonds. The minimum atomic E-state index is -0.299. The molecule has 0 unspecified atom stereocenters. The Morgan fingerprint density at radius 1 is 1.15 bits per heavy atom. The fraction of sp³-hybridized carbons (Fsp3) is 0.269. The third-order valence-corrected chi connectivity index (χ3v) is 5.96. The number of carbonyl (C=O) groups is 1. The first-order valence-corrected chi connectivity index (χ1v) is 11.1. The number of aryl methyl sites for hydroxylation is 2. The molecule has 1 N–H and O–H groups in total. The molecule has 2 aliphatic rings. The van der Waals surface area contributed by atoms with Crippen LogP contribution in [0.5, 0.6) is 0 Å². The Morgan fingerprint density at radius 3 is 2.79 bits per heavy atom. The number of aromatic nitrogens is 2. The van der Waals surface area contributed by atoms with Crippen molar-refractivity contribution >= 4 is 29.2 Å². The number of benzene rings is 1. The Labute approximate surface area is 193 Å². The molecule has 1 fully saturated rings. The number of pyridine rings is 2. The number of anilines is 3. The number of nitrogens with one attached hydrogen (secondary N) is 1. The van der Waals surface area contributed by atoms with Crippen LogP contribution in [0.25, 0.3) is 17.3 Å². The summed E-state index contributed by atoms with van der Waals surface area (Å²) in [6.45, 7) is 8.63. The zero-order valence-corrected chi connectivity index (χ0v) is 19.0. The predicted molar refractivity (Wildman–Crippen MR) is 130 cm³/mol. The van der Waals surface area contributed by atoms with Crippen LogP contribution in [-0.2, 0) is 4.74 Å². The third-order valence-electron chi connectivity index (χ3n) is 5.96. The van der Waals surface area contributed by atoms with Gasteiger partial charge in [0.25, 0.3) is 5.91 Å². The first-order chi connectivity index (χ1) is 16.0. The number of rotatable bonds is 4. The van der Waals surface area contributed by atoms with Gasteiger partial charge in [-0.2, -0.15) is 0 Å². The molecule has 7 nitrogen and oxygen atoms in total. The van der Waals surface area contributed by atoms with Crippen LogP contribution in [0.2, 0.25) is 0 Å². The highest BCUT2D eigenvalue weighted by Gasteiger charge is 2.23. The Balaban J connectivity index is 1.50. The summed E-state index contributed by atoms with van der Waals surface area (Å²) in [4.78, 5) is 24.2. The summed E-state index contributed by atoms with van der Waals surface area (Å²) in [5.74, 6) is 0.194. The highest BCUT2D eigenvalue weighted by atomic mass is 16.5. The van der Waals surface area contributed by atoms with Crippen LogP contribution in [0.15, 0.2) is 48.8 Å². The van der Waals surface area contributed by atoms with Gasteiger partial charge in [0.05, 0.1) is 24.0 Å². The van der Waals surface area contributed by atoms with Gasteiger partial charge in [0, 0.05) is 48.1 Å². The molecule has 2 aliphatic heterocycles. The molecular formula is C26H26N5O2. The largest absolute Gasteiger partial charge is 0.375 e. The van der Waals surface area contributed by atoms with Gasteiger partial charge in [0.2, 0.25) is 0 Å². The number of carbonyl (C=O) groups excluding carboxylic acids is 1. The highest BCUT2D eigenvalue weighted by molar-refractivity contribution is 6.05. The number of fused-ring (bicyclic) bond motifs is 1. The summed E-state index contributed by atoms with van der Waals surface area (Å²) in [6, 6.07) is 12.1. The van der Waals surface area contributed by atoms with Crippen molar-refractivity contribution in [2.75, 3.05) is 29.9 Å². The molecule has 0 aliphatic carbocycles. The van der Waals surface area contributed by atoms with Crippen LogP contribution >= 0.6 is 0 Å². The molecule has 0 bridgehead atoms. The van der Waals surface area contributed by atoms with Crippen LogP contribution in [-0.4, -0.2) is 41.7 Å². The Kier molecular flexibility index (Phi) is 5.56. The van der Waals surface area contributed by atoms with E-state index in [0.29, 0.717) is 11.4 Å². The lowest BCUT2D eigenvalue weighted by molar-refractivity contribution is 0.0532. The van der Waals surface area contributed by atoms with Gasteiger partial charge < -0.3 is 15.0 Å². The average Bonchev–Trinajstić information content (AvgIpc) is 2.79. The van der Waals surface area contributed by atoms with E-state index in [1.165, 1.54) is 11.9 Å². The SMILES string of the molecule is Cc1ccc(-c2cc3c(c(Nc4ccc(N5CCO[C@H](C)C5)c(C)c4)n2)C(=O)[N]C=C3)cn1. The molecule has 5 rings (SSSR count).